The van der Waals surface area contributed by atoms with E-state index in [2.05, 4.69) is 0 Å². The molecule has 0 spiro atoms. The number of carbonyl (C=O) groups excluding carboxylic acids is 2. The van der Waals surface area contributed by atoms with Crippen molar-refractivity contribution in [2.24, 2.45) is 0 Å². The zero-order valence-electron chi connectivity index (χ0n) is 15.2. The summed E-state index contributed by atoms with van der Waals surface area (Å²) >= 11 is 0. The molecule has 1 fully saturated rings. The largest absolute Gasteiger partial charge is 0.445 e. The summed E-state index contributed by atoms with van der Waals surface area (Å²) in [5.41, 5.74) is 2.63. The predicted octanol–water partition coefficient (Wildman–Crippen LogP) is 3.83. The summed E-state index contributed by atoms with van der Waals surface area (Å²) in [6, 6.07) is 13.7. The highest BCUT2D eigenvalue weighted by atomic mass is 19.1. The summed E-state index contributed by atoms with van der Waals surface area (Å²) in [5, 5.41) is 0. The SMILES string of the molecule is O=Cc1ccc(C2=CC3COCC(C2)N3C(=O)OCc2ccccc2)cc1F. The fourth-order valence-electron chi connectivity index (χ4n) is 3.71. The minimum absolute atomic E-state index is 0.0369. The Labute approximate surface area is 162 Å². The monoisotopic (exact) mass is 381 g/mol. The van der Waals surface area contributed by atoms with E-state index in [-0.39, 0.29) is 30.3 Å². The van der Waals surface area contributed by atoms with E-state index in [4.69, 9.17) is 9.47 Å². The van der Waals surface area contributed by atoms with E-state index in [0.717, 1.165) is 16.7 Å². The van der Waals surface area contributed by atoms with Crippen molar-refractivity contribution in [1.29, 1.82) is 0 Å². The van der Waals surface area contributed by atoms with Gasteiger partial charge >= 0.3 is 6.09 Å². The topological polar surface area (TPSA) is 55.8 Å². The molecule has 2 bridgehead atoms. The Bertz CT molecular complexity index is 912. The summed E-state index contributed by atoms with van der Waals surface area (Å²) in [5.74, 6) is -0.542. The lowest BCUT2D eigenvalue weighted by Gasteiger charge is -2.43. The highest BCUT2D eigenvalue weighted by Gasteiger charge is 2.39. The highest BCUT2D eigenvalue weighted by Crippen LogP contribution is 2.33. The average molecular weight is 381 g/mol. The molecule has 2 atom stereocenters. The summed E-state index contributed by atoms with van der Waals surface area (Å²) in [6.07, 6.45) is 2.59. The van der Waals surface area contributed by atoms with Gasteiger partial charge in [-0.15, -0.1) is 0 Å². The lowest BCUT2D eigenvalue weighted by Crippen LogP contribution is -2.56. The van der Waals surface area contributed by atoms with Gasteiger partial charge in [-0.1, -0.05) is 42.5 Å². The second-order valence-electron chi connectivity index (χ2n) is 6.96. The molecular formula is C22H20FNO4. The maximum absolute atomic E-state index is 14.0. The van der Waals surface area contributed by atoms with Crippen LogP contribution in [-0.4, -0.2) is 42.6 Å². The van der Waals surface area contributed by atoms with E-state index in [1.54, 1.807) is 11.0 Å². The van der Waals surface area contributed by atoms with Gasteiger partial charge in [0.05, 0.1) is 30.9 Å². The molecule has 4 rings (SSSR count). The minimum Gasteiger partial charge on any atom is -0.445 e. The number of aldehydes is 1. The standard InChI is InChI=1S/C22H20FNO4/c23-21-10-16(6-7-17(21)11-25)18-8-19-13-27-14-20(9-18)24(19)22(26)28-12-15-4-2-1-3-5-15/h1-8,10-11,19-20H,9,12-14H2. The van der Waals surface area contributed by atoms with Crippen LogP contribution in [0.25, 0.3) is 5.57 Å². The van der Waals surface area contributed by atoms with Gasteiger partial charge in [-0.25, -0.2) is 9.18 Å². The zero-order chi connectivity index (χ0) is 19.5. The number of amides is 1. The first kappa shape index (κ1) is 18.4. The Morgan fingerprint density at radius 1 is 1.21 bits per heavy atom. The Kier molecular flexibility index (Phi) is 5.21. The third-order valence-corrected chi connectivity index (χ3v) is 5.11. The van der Waals surface area contributed by atoms with E-state index in [1.807, 2.05) is 36.4 Å². The van der Waals surface area contributed by atoms with Crippen LogP contribution >= 0.6 is 0 Å². The Morgan fingerprint density at radius 3 is 2.75 bits per heavy atom. The summed E-state index contributed by atoms with van der Waals surface area (Å²) in [7, 11) is 0. The summed E-state index contributed by atoms with van der Waals surface area (Å²) in [6.45, 7) is 0.990. The van der Waals surface area contributed by atoms with Gasteiger partial charge in [-0.2, -0.15) is 0 Å². The van der Waals surface area contributed by atoms with Crippen LogP contribution in [0.3, 0.4) is 0 Å². The molecule has 1 amide bonds. The van der Waals surface area contributed by atoms with Gasteiger partial charge in [0, 0.05) is 0 Å². The molecule has 0 saturated carbocycles. The number of fused-ring (bicyclic) bond motifs is 2. The van der Waals surface area contributed by atoms with Crippen molar-refractivity contribution in [3.05, 3.63) is 77.1 Å². The van der Waals surface area contributed by atoms with Gasteiger partial charge in [-0.05, 0) is 35.3 Å². The van der Waals surface area contributed by atoms with E-state index >= 15 is 0 Å². The highest BCUT2D eigenvalue weighted by molar-refractivity contribution is 5.78. The lowest BCUT2D eigenvalue weighted by atomic mass is 9.89. The Hall–Kier alpha value is -2.99. The van der Waals surface area contributed by atoms with Crippen LogP contribution in [0, 0.1) is 5.82 Å². The average Bonchev–Trinajstić information content (AvgIpc) is 2.71. The van der Waals surface area contributed by atoms with Crippen LogP contribution in [0.4, 0.5) is 9.18 Å². The van der Waals surface area contributed by atoms with Gasteiger partial charge in [0.1, 0.15) is 12.4 Å². The number of nitrogens with zero attached hydrogens (tertiary/aromatic N) is 1. The molecule has 2 aliphatic rings. The Morgan fingerprint density at radius 2 is 2.04 bits per heavy atom. The Balaban J connectivity index is 1.51. The first-order valence-electron chi connectivity index (χ1n) is 9.18. The van der Waals surface area contributed by atoms with E-state index < -0.39 is 5.82 Å². The van der Waals surface area contributed by atoms with E-state index in [0.29, 0.717) is 25.9 Å². The molecule has 6 heteroatoms. The normalized spacial score (nSPS) is 21.0. The minimum atomic E-state index is -0.542. The predicted molar refractivity (Wildman–Crippen MR) is 101 cm³/mol. The zero-order valence-corrected chi connectivity index (χ0v) is 15.2. The van der Waals surface area contributed by atoms with Gasteiger partial charge in [0.25, 0.3) is 0 Å². The third-order valence-electron chi connectivity index (χ3n) is 5.11. The number of rotatable bonds is 4. The van der Waals surface area contributed by atoms with E-state index in [9.17, 15) is 14.0 Å². The molecule has 2 unspecified atom stereocenters. The van der Waals surface area contributed by atoms with Crippen molar-refractivity contribution < 1.29 is 23.5 Å². The van der Waals surface area contributed by atoms with Gasteiger partial charge in [0.15, 0.2) is 6.29 Å². The molecular weight excluding hydrogens is 361 g/mol. The smallest absolute Gasteiger partial charge is 0.411 e. The van der Waals surface area contributed by atoms with Crippen molar-refractivity contribution >= 4 is 18.0 Å². The molecule has 5 nitrogen and oxygen atoms in total. The van der Waals surface area contributed by atoms with Crippen molar-refractivity contribution in [2.75, 3.05) is 13.2 Å². The molecule has 144 valence electrons. The van der Waals surface area contributed by atoms with Crippen LogP contribution in [0.1, 0.15) is 27.9 Å². The molecule has 1 saturated heterocycles. The number of benzene rings is 2. The van der Waals surface area contributed by atoms with Crippen LogP contribution in [0.2, 0.25) is 0 Å². The van der Waals surface area contributed by atoms with Gasteiger partial charge in [0.2, 0.25) is 0 Å². The van der Waals surface area contributed by atoms with Crippen LogP contribution < -0.4 is 0 Å². The number of ether oxygens (including phenoxy) is 2. The number of halogens is 1. The second-order valence-corrected chi connectivity index (χ2v) is 6.96. The first-order chi connectivity index (χ1) is 13.7. The molecule has 0 aromatic heterocycles. The van der Waals surface area contributed by atoms with Crippen molar-refractivity contribution in [1.82, 2.24) is 4.90 Å². The van der Waals surface area contributed by atoms with E-state index in [1.165, 1.54) is 12.1 Å². The fraction of sp³-hybridized carbons (Fsp3) is 0.273. The van der Waals surface area contributed by atoms with Crippen LogP contribution in [0.15, 0.2) is 54.6 Å². The van der Waals surface area contributed by atoms with Crippen molar-refractivity contribution in [3.63, 3.8) is 0 Å². The molecule has 0 aliphatic carbocycles. The quantitative estimate of drug-likeness (QED) is 0.756. The molecule has 28 heavy (non-hydrogen) atoms. The maximum atomic E-state index is 14.0. The summed E-state index contributed by atoms with van der Waals surface area (Å²) < 4.78 is 25.1. The molecule has 2 aromatic rings. The van der Waals surface area contributed by atoms with Crippen LogP contribution in [-0.2, 0) is 16.1 Å². The van der Waals surface area contributed by atoms with Gasteiger partial charge < -0.3 is 9.47 Å². The maximum Gasteiger partial charge on any atom is 0.411 e. The second kappa shape index (κ2) is 7.94. The molecule has 2 aliphatic heterocycles. The molecule has 0 N–H and O–H groups in total. The molecule has 0 radical (unpaired) electrons. The van der Waals surface area contributed by atoms with Gasteiger partial charge in [-0.3, -0.25) is 9.69 Å². The van der Waals surface area contributed by atoms with Crippen LogP contribution in [0.5, 0.6) is 0 Å². The third kappa shape index (κ3) is 3.68. The number of carbonyl (C=O) groups is 2. The van der Waals surface area contributed by atoms with Crippen molar-refractivity contribution in [3.8, 4) is 0 Å². The number of morpholine rings is 1. The summed E-state index contributed by atoms with van der Waals surface area (Å²) in [4.78, 5) is 25.2. The van der Waals surface area contributed by atoms with Crippen molar-refractivity contribution in [2.45, 2.75) is 25.1 Å². The molecule has 2 heterocycles. The molecule has 2 aromatic carbocycles. The fourth-order valence-corrected chi connectivity index (χ4v) is 3.71. The first-order valence-corrected chi connectivity index (χ1v) is 9.18. The number of hydrogen-bond acceptors (Lipinski definition) is 4. The lowest BCUT2D eigenvalue weighted by molar-refractivity contribution is -0.0342. The number of hydrogen-bond donors (Lipinski definition) is 0.